The van der Waals surface area contributed by atoms with Crippen LogP contribution in [0.2, 0.25) is 0 Å². The molecule has 134 valence electrons. The Kier molecular flexibility index (Phi) is 8.47. The minimum absolute atomic E-state index is 0.00271. The highest BCUT2D eigenvalue weighted by atomic mass is 16.4. The van der Waals surface area contributed by atoms with E-state index < -0.39 is 12.0 Å². The van der Waals surface area contributed by atoms with Gasteiger partial charge in [-0.05, 0) is 23.8 Å². The molecule has 24 heavy (non-hydrogen) atoms. The molecule has 0 aliphatic rings. The Morgan fingerprint density at radius 2 is 1.75 bits per heavy atom. The van der Waals surface area contributed by atoms with Crippen LogP contribution >= 0.6 is 0 Å². The van der Waals surface area contributed by atoms with Gasteiger partial charge in [0.05, 0.1) is 12.6 Å². The van der Waals surface area contributed by atoms with E-state index in [9.17, 15) is 14.7 Å². The van der Waals surface area contributed by atoms with Gasteiger partial charge in [0.25, 0.3) is 0 Å². The number of carbonyl (C=O) groups is 2. The van der Waals surface area contributed by atoms with Gasteiger partial charge in [0.15, 0.2) is 0 Å². The Morgan fingerprint density at radius 3 is 2.25 bits per heavy atom. The molecule has 5 nitrogen and oxygen atoms in total. The highest BCUT2D eigenvalue weighted by Gasteiger charge is 2.24. The number of rotatable bonds is 10. The van der Waals surface area contributed by atoms with Crippen molar-refractivity contribution in [2.24, 2.45) is 11.8 Å². The van der Waals surface area contributed by atoms with Gasteiger partial charge in [0, 0.05) is 0 Å². The Morgan fingerprint density at radius 1 is 1.12 bits per heavy atom. The molecule has 0 aliphatic carbocycles. The van der Waals surface area contributed by atoms with Crippen molar-refractivity contribution >= 4 is 11.9 Å². The summed E-state index contributed by atoms with van der Waals surface area (Å²) in [4.78, 5) is 23.6. The van der Waals surface area contributed by atoms with Crippen LogP contribution in [-0.4, -0.2) is 29.6 Å². The zero-order valence-electron chi connectivity index (χ0n) is 15.1. The van der Waals surface area contributed by atoms with Gasteiger partial charge in [0.2, 0.25) is 5.91 Å². The zero-order valence-corrected chi connectivity index (χ0v) is 15.1. The van der Waals surface area contributed by atoms with E-state index in [0.29, 0.717) is 5.92 Å². The van der Waals surface area contributed by atoms with Crippen molar-refractivity contribution in [2.75, 3.05) is 6.54 Å². The maximum absolute atomic E-state index is 12.3. The molecule has 1 unspecified atom stereocenters. The van der Waals surface area contributed by atoms with Crippen molar-refractivity contribution in [1.82, 2.24) is 10.6 Å². The first kappa shape index (κ1) is 20.2. The minimum Gasteiger partial charge on any atom is -0.480 e. The van der Waals surface area contributed by atoms with Gasteiger partial charge in [-0.15, -0.1) is 0 Å². The fourth-order valence-corrected chi connectivity index (χ4v) is 2.65. The summed E-state index contributed by atoms with van der Waals surface area (Å²) in [6.07, 6.45) is 1.58. The maximum Gasteiger partial charge on any atom is 0.320 e. The highest BCUT2D eigenvalue weighted by Crippen LogP contribution is 2.20. The molecule has 0 radical (unpaired) electrons. The predicted molar refractivity (Wildman–Crippen MR) is 95.7 cm³/mol. The molecule has 1 amide bonds. The summed E-state index contributed by atoms with van der Waals surface area (Å²) < 4.78 is 0. The van der Waals surface area contributed by atoms with Gasteiger partial charge in [0.1, 0.15) is 6.04 Å². The van der Waals surface area contributed by atoms with E-state index >= 15 is 0 Å². The van der Waals surface area contributed by atoms with Crippen molar-refractivity contribution < 1.29 is 14.7 Å². The lowest BCUT2D eigenvalue weighted by Crippen LogP contribution is -2.47. The summed E-state index contributed by atoms with van der Waals surface area (Å²) in [6, 6.07) is 9.09. The third-order valence-electron chi connectivity index (χ3n) is 4.21. The minimum atomic E-state index is -0.918. The van der Waals surface area contributed by atoms with Crippen LogP contribution in [0.25, 0.3) is 0 Å². The van der Waals surface area contributed by atoms with Crippen LogP contribution in [0.4, 0.5) is 0 Å². The van der Waals surface area contributed by atoms with E-state index in [2.05, 4.69) is 24.5 Å². The number of carbonyl (C=O) groups excluding carboxylic acids is 1. The molecule has 5 heteroatoms. The molecule has 0 saturated heterocycles. The third-order valence-corrected chi connectivity index (χ3v) is 4.21. The number of benzene rings is 1. The van der Waals surface area contributed by atoms with E-state index in [-0.39, 0.29) is 24.4 Å². The molecule has 1 aromatic carbocycles. The largest absolute Gasteiger partial charge is 0.480 e. The van der Waals surface area contributed by atoms with Crippen molar-refractivity contribution in [3.05, 3.63) is 35.9 Å². The van der Waals surface area contributed by atoms with E-state index in [4.69, 9.17) is 0 Å². The second-order valence-corrected chi connectivity index (χ2v) is 6.74. The van der Waals surface area contributed by atoms with Crippen LogP contribution in [0.1, 0.15) is 52.1 Å². The Hall–Kier alpha value is -1.88. The summed E-state index contributed by atoms with van der Waals surface area (Å²) in [6.45, 7) is 8.04. The number of carboxylic acids is 1. The quantitative estimate of drug-likeness (QED) is 0.615. The number of hydrogen-bond donors (Lipinski definition) is 3. The molecule has 0 aromatic heterocycles. The number of hydrogen-bond acceptors (Lipinski definition) is 3. The van der Waals surface area contributed by atoms with Crippen LogP contribution in [-0.2, 0) is 9.59 Å². The molecule has 1 rings (SSSR count). The Labute approximate surface area is 144 Å². The second-order valence-electron chi connectivity index (χ2n) is 6.74. The molecule has 0 spiro atoms. The Bertz CT molecular complexity index is 517. The molecule has 1 aromatic rings. The van der Waals surface area contributed by atoms with Crippen LogP contribution in [0.3, 0.4) is 0 Å². The zero-order chi connectivity index (χ0) is 18.1. The van der Waals surface area contributed by atoms with Crippen molar-refractivity contribution in [3.63, 3.8) is 0 Å². The molecule has 0 saturated carbocycles. The van der Waals surface area contributed by atoms with Gasteiger partial charge in [-0.3, -0.25) is 14.9 Å². The first-order valence-corrected chi connectivity index (χ1v) is 8.65. The molecule has 0 bridgehead atoms. The van der Waals surface area contributed by atoms with Gasteiger partial charge >= 0.3 is 5.97 Å². The second kappa shape index (κ2) is 10.1. The van der Waals surface area contributed by atoms with E-state index in [1.807, 2.05) is 44.2 Å². The lowest BCUT2D eigenvalue weighted by molar-refractivity contribution is -0.141. The van der Waals surface area contributed by atoms with Crippen LogP contribution in [0, 0.1) is 11.8 Å². The molecule has 3 atom stereocenters. The monoisotopic (exact) mass is 334 g/mol. The average Bonchev–Trinajstić information content (AvgIpc) is 2.54. The molecule has 0 heterocycles. The fraction of sp³-hybridized carbons (Fsp3) is 0.579. The summed E-state index contributed by atoms with van der Waals surface area (Å²) in [5, 5.41) is 15.2. The average molecular weight is 334 g/mol. The van der Waals surface area contributed by atoms with E-state index in [1.165, 1.54) is 0 Å². The number of amides is 1. The predicted octanol–water partition coefficient (Wildman–Crippen LogP) is 2.98. The topological polar surface area (TPSA) is 78.4 Å². The van der Waals surface area contributed by atoms with Crippen LogP contribution < -0.4 is 10.6 Å². The van der Waals surface area contributed by atoms with Gasteiger partial charge in [-0.2, -0.15) is 0 Å². The molecular weight excluding hydrogens is 304 g/mol. The third kappa shape index (κ3) is 6.71. The van der Waals surface area contributed by atoms with Crippen LogP contribution in [0.5, 0.6) is 0 Å². The Balaban J connectivity index is 2.66. The first-order valence-electron chi connectivity index (χ1n) is 8.65. The van der Waals surface area contributed by atoms with Gasteiger partial charge < -0.3 is 10.4 Å². The van der Waals surface area contributed by atoms with Gasteiger partial charge in [-0.1, -0.05) is 64.4 Å². The van der Waals surface area contributed by atoms with Crippen molar-refractivity contribution in [3.8, 4) is 0 Å². The maximum atomic E-state index is 12.3. The molecule has 0 fully saturated rings. The summed E-state index contributed by atoms with van der Waals surface area (Å²) in [7, 11) is 0. The normalized spacial score (nSPS) is 14.9. The standard InChI is InChI=1S/C19H30N2O3/c1-5-14(4)18(19(23)24)20-12-17(22)21-16(11-13(2)3)15-9-7-6-8-10-15/h6-10,13-14,16,18,20H,5,11-12H2,1-4H3,(H,21,22)(H,23,24)/t14-,16?,18-/m0/s1. The smallest absolute Gasteiger partial charge is 0.320 e. The number of aliphatic carboxylic acids is 1. The van der Waals surface area contributed by atoms with E-state index in [0.717, 1.165) is 18.4 Å². The molecule has 3 N–H and O–H groups in total. The van der Waals surface area contributed by atoms with Crippen molar-refractivity contribution in [1.29, 1.82) is 0 Å². The lowest BCUT2D eigenvalue weighted by atomic mass is 9.97. The lowest BCUT2D eigenvalue weighted by Gasteiger charge is -2.23. The summed E-state index contributed by atoms with van der Waals surface area (Å²) in [5.41, 5.74) is 1.07. The highest BCUT2D eigenvalue weighted by molar-refractivity contribution is 5.80. The molecular formula is C19H30N2O3. The summed E-state index contributed by atoms with van der Waals surface area (Å²) >= 11 is 0. The SMILES string of the molecule is CC[C@H](C)[C@H](NCC(=O)NC(CC(C)C)c1ccccc1)C(=O)O. The fourth-order valence-electron chi connectivity index (χ4n) is 2.65. The number of nitrogens with one attached hydrogen (secondary N) is 2. The first-order chi connectivity index (χ1) is 11.3. The van der Waals surface area contributed by atoms with Crippen molar-refractivity contribution in [2.45, 2.75) is 52.6 Å². The number of carboxylic acid groups (broad SMARTS) is 1. The van der Waals surface area contributed by atoms with Gasteiger partial charge in [-0.25, -0.2) is 0 Å². The molecule has 0 aliphatic heterocycles. The van der Waals surface area contributed by atoms with E-state index in [1.54, 1.807) is 0 Å². The van der Waals surface area contributed by atoms with Crippen LogP contribution in [0.15, 0.2) is 30.3 Å². The summed E-state index contributed by atoms with van der Waals surface area (Å²) in [5.74, 6) is -0.691.